The quantitative estimate of drug-likeness (QED) is 0.711. The molecule has 1 N–H and O–H groups in total. The van der Waals surface area contributed by atoms with Crippen molar-refractivity contribution in [1.29, 1.82) is 0 Å². The van der Waals surface area contributed by atoms with Crippen LogP contribution in [0.4, 0.5) is 0 Å². The number of benzene rings is 1. The normalized spacial score (nSPS) is 13.3. The van der Waals surface area contributed by atoms with Gasteiger partial charge >= 0.3 is 0 Å². The summed E-state index contributed by atoms with van der Waals surface area (Å²) in [6.45, 7) is 9.00. The van der Waals surface area contributed by atoms with Gasteiger partial charge in [0.2, 0.25) is 0 Å². The van der Waals surface area contributed by atoms with E-state index in [1.165, 1.54) is 5.56 Å². The molecule has 0 amide bonds. The number of nitrogens with one attached hydrogen (secondary N) is 1. The third-order valence-electron chi connectivity index (χ3n) is 3.04. The van der Waals surface area contributed by atoms with Crippen molar-refractivity contribution in [3.8, 4) is 0 Å². The molecule has 0 aliphatic rings. The van der Waals surface area contributed by atoms with Crippen molar-refractivity contribution in [1.82, 2.24) is 5.32 Å². The van der Waals surface area contributed by atoms with Gasteiger partial charge in [-0.1, -0.05) is 56.3 Å². The minimum atomic E-state index is 0.550. The molecule has 100 valence electrons. The molecule has 0 aliphatic carbocycles. The highest BCUT2D eigenvalue weighted by atomic mass is 16.5. The number of hydrogen-bond donors (Lipinski definition) is 1. The summed E-state index contributed by atoms with van der Waals surface area (Å²) in [6, 6.07) is 10.8. The highest BCUT2D eigenvalue weighted by molar-refractivity contribution is 5.48. The molecule has 0 saturated heterocycles. The largest absolute Gasteiger partial charge is 0.376 e. The second kappa shape index (κ2) is 8.90. The maximum Gasteiger partial charge on any atom is 0.0651 e. The molecule has 2 heteroatoms. The van der Waals surface area contributed by atoms with Crippen LogP contribution in [0.25, 0.3) is 6.08 Å². The first-order valence-corrected chi connectivity index (χ1v) is 6.73. The zero-order valence-corrected chi connectivity index (χ0v) is 11.7. The molecule has 0 fully saturated rings. The second-order valence-electron chi connectivity index (χ2n) is 4.87. The van der Waals surface area contributed by atoms with E-state index in [0.717, 1.165) is 13.2 Å². The maximum absolute atomic E-state index is 5.54. The van der Waals surface area contributed by atoms with Crippen LogP contribution in [0.2, 0.25) is 0 Å². The summed E-state index contributed by atoms with van der Waals surface area (Å²) < 4.78 is 5.54. The summed E-state index contributed by atoms with van der Waals surface area (Å²) in [5, 5.41) is 3.44. The molecular formula is C16H25NO. The molecule has 2 nitrogen and oxygen atoms in total. The average Bonchev–Trinajstić information content (AvgIpc) is 2.38. The molecule has 0 aliphatic heterocycles. The van der Waals surface area contributed by atoms with Crippen molar-refractivity contribution in [2.75, 3.05) is 19.8 Å². The van der Waals surface area contributed by atoms with E-state index in [9.17, 15) is 0 Å². The predicted octanol–water partition coefficient (Wildman–Crippen LogP) is 3.35. The summed E-state index contributed by atoms with van der Waals surface area (Å²) >= 11 is 0. The van der Waals surface area contributed by atoms with Gasteiger partial charge in [-0.05, 0) is 18.4 Å². The lowest BCUT2D eigenvalue weighted by atomic mass is 10.1. The Morgan fingerprint density at radius 3 is 2.56 bits per heavy atom. The smallest absolute Gasteiger partial charge is 0.0651 e. The zero-order valence-electron chi connectivity index (χ0n) is 11.7. The number of rotatable bonds is 8. The van der Waals surface area contributed by atoms with E-state index >= 15 is 0 Å². The average molecular weight is 247 g/mol. The fraction of sp³-hybridized carbons (Fsp3) is 0.500. The third kappa shape index (κ3) is 6.58. The lowest BCUT2D eigenvalue weighted by molar-refractivity contribution is 0.160. The summed E-state index contributed by atoms with van der Waals surface area (Å²) in [5.74, 6) is 0.669. The molecule has 0 saturated carbocycles. The molecular weight excluding hydrogens is 222 g/mol. The predicted molar refractivity (Wildman–Crippen MR) is 78.6 cm³/mol. The Kier molecular flexibility index (Phi) is 7.38. The number of hydrogen-bond acceptors (Lipinski definition) is 2. The number of ether oxygens (including phenoxy) is 1. The summed E-state index contributed by atoms with van der Waals surface area (Å²) in [4.78, 5) is 0. The molecule has 18 heavy (non-hydrogen) atoms. The van der Waals surface area contributed by atoms with Crippen molar-refractivity contribution in [2.24, 2.45) is 5.92 Å². The summed E-state index contributed by atoms with van der Waals surface area (Å²) in [7, 11) is 0. The highest BCUT2D eigenvalue weighted by Gasteiger charge is 2.04. The standard InChI is InChI=1S/C16H25NO/c1-14(2)15(3)17-11-13-18-12-7-10-16-8-5-4-6-9-16/h4-10,14-15,17H,11-13H2,1-3H3. The van der Waals surface area contributed by atoms with E-state index in [0.29, 0.717) is 18.6 Å². The van der Waals surface area contributed by atoms with Crippen molar-refractivity contribution in [3.63, 3.8) is 0 Å². The zero-order chi connectivity index (χ0) is 13.2. The molecule has 1 aromatic carbocycles. The van der Waals surface area contributed by atoms with Crippen LogP contribution >= 0.6 is 0 Å². The van der Waals surface area contributed by atoms with Crippen LogP contribution in [-0.2, 0) is 4.74 Å². The summed E-state index contributed by atoms with van der Waals surface area (Å²) in [5.41, 5.74) is 1.22. The van der Waals surface area contributed by atoms with Crippen LogP contribution in [0, 0.1) is 5.92 Å². The van der Waals surface area contributed by atoms with Crippen LogP contribution < -0.4 is 5.32 Å². The van der Waals surface area contributed by atoms with Crippen molar-refractivity contribution >= 4 is 6.08 Å². The molecule has 0 heterocycles. The molecule has 1 atom stereocenters. The first-order chi connectivity index (χ1) is 8.70. The Labute approximate surface area is 111 Å². The van der Waals surface area contributed by atoms with E-state index < -0.39 is 0 Å². The Bertz CT molecular complexity index is 332. The van der Waals surface area contributed by atoms with Gasteiger partial charge in [0, 0.05) is 12.6 Å². The molecule has 0 bridgehead atoms. The first kappa shape index (κ1) is 14.9. The van der Waals surface area contributed by atoms with Gasteiger partial charge in [0.05, 0.1) is 13.2 Å². The van der Waals surface area contributed by atoms with Gasteiger partial charge < -0.3 is 10.1 Å². The fourth-order valence-corrected chi connectivity index (χ4v) is 1.49. The van der Waals surface area contributed by atoms with Crippen molar-refractivity contribution < 1.29 is 4.74 Å². The molecule has 0 aromatic heterocycles. The van der Waals surface area contributed by atoms with Gasteiger partial charge in [0.1, 0.15) is 0 Å². The van der Waals surface area contributed by atoms with Crippen LogP contribution in [-0.4, -0.2) is 25.8 Å². The Morgan fingerprint density at radius 1 is 1.17 bits per heavy atom. The highest BCUT2D eigenvalue weighted by Crippen LogP contribution is 2.00. The third-order valence-corrected chi connectivity index (χ3v) is 3.04. The summed E-state index contributed by atoms with van der Waals surface area (Å²) in [6.07, 6.45) is 4.14. The van der Waals surface area contributed by atoms with E-state index in [1.807, 2.05) is 18.2 Å². The van der Waals surface area contributed by atoms with Gasteiger partial charge in [-0.2, -0.15) is 0 Å². The van der Waals surface area contributed by atoms with Crippen LogP contribution in [0.3, 0.4) is 0 Å². The molecule has 0 spiro atoms. The molecule has 1 unspecified atom stereocenters. The van der Waals surface area contributed by atoms with Crippen LogP contribution in [0.15, 0.2) is 36.4 Å². The van der Waals surface area contributed by atoms with E-state index in [1.54, 1.807) is 0 Å². The van der Waals surface area contributed by atoms with Gasteiger partial charge in [0.15, 0.2) is 0 Å². The molecule has 1 aromatic rings. The van der Waals surface area contributed by atoms with Gasteiger partial charge in [-0.3, -0.25) is 0 Å². The monoisotopic (exact) mass is 247 g/mol. The molecule has 1 rings (SSSR count). The van der Waals surface area contributed by atoms with Crippen LogP contribution in [0.1, 0.15) is 26.3 Å². The van der Waals surface area contributed by atoms with E-state index in [-0.39, 0.29) is 0 Å². The Hall–Kier alpha value is -1.12. The maximum atomic E-state index is 5.54. The topological polar surface area (TPSA) is 21.3 Å². The van der Waals surface area contributed by atoms with E-state index in [4.69, 9.17) is 4.74 Å². The minimum Gasteiger partial charge on any atom is -0.376 e. The van der Waals surface area contributed by atoms with Crippen LogP contribution in [0.5, 0.6) is 0 Å². The van der Waals surface area contributed by atoms with Crippen molar-refractivity contribution in [3.05, 3.63) is 42.0 Å². The second-order valence-corrected chi connectivity index (χ2v) is 4.87. The fourth-order valence-electron chi connectivity index (χ4n) is 1.49. The minimum absolute atomic E-state index is 0.550. The van der Waals surface area contributed by atoms with E-state index in [2.05, 4.69) is 50.4 Å². The van der Waals surface area contributed by atoms with Crippen molar-refractivity contribution in [2.45, 2.75) is 26.8 Å². The lowest BCUT2D eigenvalue weighted by Gasteiger charge is -2.16. The van der Waals surface area contributed by atoms with Gasteiger partial charge in [-0.15, -0.1) is 0 Å². The lowest BCUT2D eigenvalue weighted by Crippen LogP contribution is -2.33. The molecule has 0 radical (unpaired) electrons. The first-order valence-electron chi connectivity index (χ1n) is 6.73. The van der Waals surface area contributed by atoms with Gasteiger partial charge in [-0.25, -0.2) is 0 Å². The SMILES string of the molecule is CC(C)C(C)NCCOCC=Cc1ccccc1. The Balaban J connectivity index is 2.04. The Morgan fingerprint density at radius 2 is 1.89 bits per heavy atom. The van der Waals surface area contributed by atoms with Gasteiger partial charge in [0.25, 0.3) is 0 Å².